The molecule has 0 aliphatic heterocycles. The molecule has 108 valence electrons. The van der Waals surface area contributed by atoms with Crippen molar-refractivity contribution in [2.75, 3.05) is 6.54 Å². The fraction of sp³-hybridized carbons (Fsp3) is 0.647. The monoisotopic (exact) mass is 281 g/mol. The Labute approximate surface area is 123 Å². The van der Waals surface area contributed by atoms with Crippen molar-refractivity contribution >= 4 is 11.6 Å². The van der Waals surface area contributed by atoms with Crippen molar-refractivity contribution in [1.29, 1.82) is 0 Å². The van der Waals surface area contributed by atoms with Crippen LogP contribution < -0.4 is 5.32 Å². The minimum absolute atomic E-state index is 0.501. The molecule has 1 N–H and O–H groups in total. The number of halogens is 1. The third-order valence-electron chi connectivity index (χ3n) is 3.87. The molecule has 0 heterocycles. The molecule has 0 spiro atoms. The topological polar surface area (TPSA) is 12.0 Å². The van der Waals surface area contributed by atoms with Gasteiger partial charge in [0.2, 0.25) is 0 Å². The van der Waals surface area contributed by atoms with Gasteiger partial charge in [-0.25, -0.2) is 0 Å². The highest BCUT2D eigenvalue weighted by Crippen LogP contribution is 2.19. The Kier molecular flexibility index (Phi) is 6.88. The molecule has 0 aliphatic carbocycles. The molecule has 0 amide bonds. The summed E-state index contributed by atoms with van der Waals surface area (Å²) in [5, 5.41) is 4.48. The highest BCUT2D eigenvalue weighted by Gasteiger charge is 2.17. The van der Waals surface area contributed by atoms with Crippen LogP contribution in [0.4, 0.5) is 0 Å². The van der Waals surface area contributed by atoms with Gasteiger partial charge in [0.05, 0.1) is 0 Å². The van der Waals surface area contributed by atoms with Crippen LogP contribution >= 0.6 is 11.6 Å². The summed E-state index contributed by atoms with van der Waals surface area (Å²) in [4.78, 5) is 0. The molecule has 1 aromatic rings. The molecular weight excluding hydrogens is 254 g/mol. The van der Waals surface area contributed by atoms with Gasteiger partial charge in [0, 0.05) is 11.1 Å². The average Bonchev–Trinajstić information content (AvgIpc) is 2.31. The molecule has 0 radical (unpaired) electrons. The van der Waals surface area contributed by atoms with E-state index < -0.39 is 0 Å². The van der Waals surface area contributed by atoms with Crippen LogP contribution in [0.3, 0.4) is 0 Å². The average molecular weight is 282 g/mol. The second-order valence-electron chi connectivity index (χ2n) is 6.29. The van der Waals surface area contributed by atoms with Crippen LogP contribution in [0.15, 0.2) is 24.3 Å². The van der Waals surface area contributed by atoms with E-state index in [2.05, 4.69) is 52.1 Å². The molecule has 1 aromatic carbocycles. The third-order valence-corrected chi connectivity index (χ3v) is 4.12. The van der Waals surface area contributed by atoms with Gasteiger partial charge < -0.3 is 5.32 Å². The largest absolute Gasteiger partial charge is 0.314 e. The standard InChI is InChI=1S/C17H28ClN/c1-12(2)17(13(3)4)11-19-14(5)10-15-6-8-16(18)9-7-15/h6-9,12-14,17,19H,10-11H2,1-5H3. The normalized spacial score (nSPS) is 13.5. The van der Waals surface area contributed by atoms with E-state index in [4.69, 9.17) is 11.6 Å². The summed E-state index contributed by atoms with van der Waals surface area (Å²) >= 11 is 5.90. The molecule has 0 aliphatic rings. The fourth-order valence-corrected chi connectivity index (χ4v) is 2.75. The fourth-order valence-electron chi connectivity index (χ4n) is 2.62. The van der Waals surface area contributed by atoms with E-state index in [1.807, 2.05) is 12.1 Å². The summed E-state index contributed by atoms with van der Waals surface area (Å²) in [6, 6.07) is 8.66. The van der Waals surface area contributed by atoms with Crippen molar-refractivity contribution in [3.63, 3.8) is 0 Å². The third kappa shape index (κ3) is 5.97. The van der Waals surface area contributed by atoms with Gasteiger partial charge in [-0.2, -0.15) is 0 Å². The van der Waals surface area contributed by atoms with Gasteiger partial charge in [-0.05, 0) is 55.3 Å². The predicted octanol–water partition coefficient (Wildman–Crippen LogP) is 4.79. The summed E-state index contributed by atoms with van der Waals surface area (Å²) in [6.45, 7) is 12.6. The molecule has 0 saturated heterocycles. The smallest absolute Gasteiger partial charge is 0.0406 e. The lowest BCUT2D eigenvalue weighted by atomic mass is 9.85. The Bertz CT molecular complexity index is 348. The Morgan fingerprint density at radius 2 is 1.47 bits per heavy atom. The molecule has 0 fully saturated rings. The van der Waals surface area contributed by atoms with Crippen molar-refractivity contribution in [2.24, 2.45) is 17.8 Å². The summed E-state index contributed by atoms with van der Waals surface area (Å²) in [7, 11) is 0. The van der Waals surface area contributed by atoms with Crippen LogP contribution in [-0.2, 0) is 6.42 Å². The minimum atomic E-state index is 0.501. The number of rotatable bonds is 7. The zero-order valence-corrected chi connectivity index (χ0v) is 13.7. The first kappa shape index (κ1) is 16.5. The number of nitrogens with one attached hydrogen (secondary N) is 1. The van der Waals surface area contributed by atoms with Crippen molar-refractivity contribution < 1.29 is 0 Å². The second kappa shape index (κ2) is 7.91. The molecule has 2 heteroatoms. The highest BCUT2D eigenvalue weighted by atomic mass is 35.5. The molecule has 19 heavy (non-hydrogen) atoms. The molecule has 1 unspecified atom stereocenters. The lowest BCUT2D eigenvalue weighted by Crippen LogP contribution is -2.36. The molecule has 0 aromatic heterocycles. The SMILES string of the molecule is CC(Cc1ccc(Cl)cc1)NCC(C(C)C)C(C)C. The van der Waals surface area contributed by atoms with Crippen LogP contribution in [0.25, 0.3) is 0 Å². The number of hydrogen-bond acceptors (Lipinski definition) is 1. The maximum absolute atomic E-state index is 5.90. The van der Waals surface area contributed by atoms with E-state index in [0.717, 1.165) is 35.7 Å². The van der Waals surface area contributed by atoms with Crippen molar-refractivity contribution in [3.05, 3.63) is 34.9 Å². The summed E-state index contributed by atoms with van der Waals surface area (Å²) in [5.41, 5.74) is 1.34. The number of benzene rings is 1. The molecule has 0 bridgehead atoms. The molecule has 0 saturated carbocycles. The van der Waals surface area contributed by atoms with Gasteiger partial charge in [-0.3, -0.25) is 0 Å². The molecule has 1 atom stereocenters. The number of hydrogen-bond donors (Lipinski definition) is 1. The lowest BCUT2D eigenvalue weighted by molar-refractivity contribution is 0.267. The van der Waals surface area contributed by atoms with Crippen molar-refractivity contribution in [1.82, 2.24) is 5.32 Å². The Balaban J connectivity index is 2.42. The second-order valence-corrected chi connectivity index (χ2v) is 6.73. The van der Waals surface area contributed by atoms with Gasteiger partial charge in [0.25, 0.3) is 0 Å². The Hall–Kier alpha value is -0.530. The molecule has 1 rings (SSSR count). The van der Waals surface area contributed by atoms with E-state index in [9.17, 15) is 0 Å². The van der Waals surface area contributed by atoms with Gasteiger partial charge >= 0.3 is 0 Å². The first-order valence-corrected chi connectivity index (χ1v) is 7.75. The maximum atomic E-state index is 5.90. The van der Waals surface area contributed by atoms with Gasteiger partial charge in [0.15, 0.2) is 0 Å². The zero-order chi connectivity index (χ0) is 14.4. The first-order valence-electron chi connectivity index (χ1n) is 7.38. The van der Waals surface area contributed by atoms with E-state index in [0.29, 0.717) is 6.04 Å². The Morgan fingerprint density at radius 1 is 0.947 bits per heavy atom. The molecular formula is C17H28ClN. The van der Waals surface area contributed by atoms with Gasteiger partial charge in [0.1, 0.15) is 0 Å². The van der Waals surface area contributed by atoms with Crippen LogP contribution in [0.5, 0.6) is 0 Å². The van der Waals surface area contributed by atoms with Crippen LogP contribution in [0.1, 0.15) is 40.2 Å². The van der Waals surface area contributed by atoms with Crippen molar-refractivity contribution in [2.45, 2.75) is 47.1 Å². The first-order chi connectivity index (χ1) is 8.90. The van der Waals surface area contributed by atoms with Crippen LogP contribution in [-0.4, -0.2) is 12.6 Å². The van der Waals surface area contributed by atoms with Gasteiger partial charge in [-0.15, -0.1) is 0 Å². The predicted molar refractivity (Wildman–Crippen MR) is 85.8 cm³/mol. The van der Waals surface area contributed by atoms with E-state index in [-0.39, 0.29) is 0 Å². The molecule has 1 nitrogen and oxygen atoms in total. The Morgan fingerprint density at radius 3 is 1.95 bits per heavy atom. The maximum Gasteiger partial charge on any atom is 0.0406 e. The van der Waals surface area contributed by atoms with E-state index in [1.54, 1.807) is 0 Å². The van der Waals surface area contributed by atoms with Crippen molar-refractivity contribution in [3.8, 4) is 0 Å². The minimum Gasteiger partial charge on any atom is -0.314 e. The van der Waals surface area contributed by atoms with Gasteiger partial charge in [-0.1, -0.05) is 51.4 Å². The van der Waals surface area contributed by atoms with Crippen LogP contribution in [0.2, 0.25) is 5.02 Å². The zero-order valence-electron chi connectivity index (χ0n) is 12.9. The summed E-state index contributed by atoms with van der Waals surface area (Å²) in [6.07, 6.45) is 1.06. The van der Waals surface area contributed by atoms with Crippen LogP contribution in [0, 0.1) is 17.8 Å². The quantitative estimate of drug-likeness (QED) is 0.758. The summed E-state index contributed by atoms with van der Waals surface area (Å²) in [5.74, 6) is 2.21. The van der Waals surface area contributed by atoms with E-state index >= 15 is 0 Å². The lowest BCUT2D eigenvalue weighted by Gasteiger charge is -2.27. The summed E-state index contributed by atoms with van der Waals surface area (Å²) < 4.78 is 0. The highest BCUT2D eigenvalue weighted by molar-refractivity contribution is 6.30. The van der Waals surface area contributed by atoms with E-state index in [1.165, 1.54) is 5.56 Å².